The van der Waals surface area contributed by atoms with Crippen LogP contribution in [0.3, 0.4) is 0 Å². The molecule has 2 unspecified atom stereocenters. The van der Waals surface area contributed by atoms with Gasteiger partial charge in [-0.05, 0) is 37.5 Å². The van der Waals surface area contributed by atoms with E-state index >= 15 is 0 Å². The maximum Gasteiger partial charge on any atom is 0.472 e. The average molecular weight is 1240 g/mol. The fourth-order valence-corrected chi connectivity index (χ4v) is 11.3. The van der Waals surface area contributed by atoms with Crippen molar-refractivity contribution in [3.8, 4) is 0 Å². The quantitative estimate of drug-likeness (QED) is 0.0222. The number of hydrogen-bond donors (Lipinski definition) is 3. The van der Waals surface area contributed by atoms with Crippen molar-refractivity contribution in [1.82, 2.24) is 0 Å². The Bertz CT molecular complexity index is 1650. The summed E-state index contributed by atoms with van der Waals surface area (Å²) < 4.78 is 67.9. The molecule has 19 heteroatoms. The van der Waals surface area contributed by atoms with Gasteiger partial charge in [0.15, 0.2) is 12.2 Å². The Morgan fingerprint density at radius 3 is 0.810 bits per heavy atom. The van der Waals surface area contributed by atoms with E-state index in [1.165, 1.54) is 135 Å². The third-order valence-corrected chi connectivity index (χ3v) is 16.9. The molecule has 0 rings (SSSR count). The molecular weight excluding hydrogens is 1110 g/mol. The number of esters is 4. The van der Waals surface area contributed by atoms with Crippen LogP contribution < -0.4 is 0 Å². The monoisotopic (exact) mass is 1240 g/mol. The van der Waals surface area contributed by atoms with Crippen molar-refractivity contribution in [2.75, 3.05) is 39.6 Å². The number of aliphatic hydroxyl groups is 1. The molecule has 0 spiro atoms. The summed E-state index contributed by atoms with van der Waals surface area (Å²) in [5.74, 6) is -0.661. The Labute approximate surface area is 511 Å². The molecule has 0 amide bonds. The van der Waals surface area contributed by atoms with E-state index in [0.29, 0.717) is 25.7 Å². The summed E-state index contributed by atoms with van der Waals surface area (Å²) in [4.78, 5) is 72.0. The molecule has 498 valence electrons. The van der Waals surface area contributed by atoms with E-state index in [1.807, 2.05) is 0 Å². The van der Waals surface area contributed by atoms with Crippen molar-refractivity contribution >= 4 is 39.5 Å². The predicted molar refractivity (Wildman–Crippen MR) is 335 cm³/mol. The summed E-state index contributed by atoms with van der Waals surface area (Å²) in [6.07, 6.45) is 40.7. The lowest BCUT2D eigenvalue weighted by atomic mass is 10.0. The third kappa shape index (κ3) is 59.0. The zero-order chi connectivity index (χ0) is 62.2. The van der Waals surface area contributed by atoms with Gasteiger partial charge in [0, 0.05) is 25.7 Å². The van der Waals surface area contributed by atoms with Crippen LogP contribution in [0.15, 0.2) is 0 Å². The Hall–Kier alpha value is -1.94. The summed E-state index contributed by atoms with van der Waals surface area (Å²) in [6.45, 7) is 9.38. The summed E-state index contributed by atoms with van der Waals surface area (Å²) >= 11 is 0. The average Bonchev–Trinajstić information content (AvgIpc) is 3.55. The highest BCUT2D eigenvalue weighted by Crippen LogP contribution is 2.45. The van der Waals surface area contributed by atoms with Gasteiger partial charge in [0.2, 0.25) is 0 Å². The molecular formula is C65H126O17P2. The summed E-state index contributed by atoms with van der Waals surface area (Å²) in [5, 5.41) is 10.5. The van der Waals surface area contributed by atoms with Crippen LogP contribution in [0.5, 0.6) is 0 Å². The highest BCUT2D eigenvalue weighted by molar-refractivity contribution is 7.47. The molecule has 5 atom stereocenters. The van der Waals surface area contributed by atoms with Gasteiger partial charge in [-0.2, -0.15) is 0 Å². The number of hydrogen-bond acceptors (Lipinski definition) is 15. The van der Waals surface area contributed by atoms with Crippen molar-refractivity contribution in [2.24, 2.45) is 11.8 Å². The zero-order valence-corrected chi connectivity index (χ0v) is 56.0. The van der Waals surface area contributed by atoms with E-state index in [2.05, 4.69) is 41.5 Å². The van der Waals surface area contributed by atoms with Gasteiger partial charge in [-0.3, -0.25) is 37.3 Å². The van der Waals surface area contributed by atoms with Gasteiger partial charge in [0.05, 0.1) is 26.4 Å². The molecule has 0 aliphatic carbocycles. The van der Waals surface area contributed by atoms with Crippen molar-refractivity contribution < 1.29 is 80.2 Å². The molecule has 0 aromatic rings. The van der Waals surface area contributed by atoms with Crippen LogP contribution in [0.1, 0.15) is 324 Å². The summed E-state index contributed by atoms with van der Waals surface area (Å²) in [6, 6.07) is 0. The first-order chi connectivity index (χ1) is 40.4. The second-order valence-electron chi connectivity index (χ2n) is 24.5. The second kappa shape index (κ2) is 57.5. The molecule has 0 fully saturated rings. The first-order valence-corrected chi connectivity index (χ1v) is 37.0. The molecule has 0 aliphatic rings. The van der Waals surface area contributed by atoms with E-state index in [9.17, 15) is 43.2 Å². The fourth-order valence-electron chi connectivity index (χ4n) is 9.71. The summed E-state index contributed by atoms with van der Waals surface area (Å²) in [7, 11) is -9.88. The Kier molecular flexibility index (Phi) is 56.2. The van der Waals surface area contributed by atoms with Gasteiger partial charge in [0.1, 0.15) is 19.3 Å². The number of phosphoric acid groups is 2. The molecule has 3 N–H and O–H groups in total. The first-order valence-electron chi connectivity index (χ1n) is 34.0. The molecule has 0 heterocycles. The molecule has 0 saturated heterocycles. The van der Waals surface area contributed by atoms with E-state index in [1.54, 1.807) is 0 Å². The number of rotatable bonds is 64. The minimum Gasteiger partial charge on any atom is -0.462 e. The van der Waals surface area contributed by atoms with Crippen LogP contribution in [-0.2, 0) is 65.4 Å². The molecule has 0 aromatic carbocycles. The van der Waals surface area contributed by atoms with Gasteiger partial charge in [-0.1, -0.05) is 273 Å². The van der Waals surface area contributed by atoms with Crippen LogP contribution in [0.2, 0.25) is 0 Å². The van der Waals surface area contributed by atoms with E-state index in [4.69, 9.17) is 37.0 Å². The standard InChI is InChI=1S/C65H126O17P2/c1-7-9-11-13-14-15-16-17-18-19-20-25-31-37-43-49-64(69)82-61(54-76-63(68)48-42-36-30-26-21-23-28-34-39-45-57(3)4)56-80-84(73,74)78-52-59(66)51-77-83(71,72)79-55-60(53-75-62(67)47-41-33-12-10-8-2)81-65(70)50-44-38-32-27-22-24-29-35-40-46-58(5)6/h57-61,66H,7-56H2,1-6H3,(H,71,72)(H,73,74)/t59-,60+,61+/m0/s1. The fraction of sp³-hybridized carbons (Fsp3) is 0.938. The van der Waals surface area contributed by atoms with Crippen molar-refractivity contribution in [2.45, 2.75) is 342 Å². The number of aliphatic hydroxyl groups excluding tert-OH is 1. The summed E-state index contributed by atoms with van der Waals surface area (Å²) in [5.41, 5.74) is 0. The van der Waals surface area contributed by atoms with E-state index in [0.717, 1.165) is 108 Å². The number of ether oxygens (including phenoxy) is 4. The van der Waals surface area contributed by atoms with Crippen molar-refractivity contribution in [3.05, 3.63) is 0 Å². The SMILES string of the molecule is CCCCCCCCCCCCCCCCCC(=O)O[C@H](COC(=O)CCCCCCCCCCCC(C)C)COP(=O)(O)OC[C@@H](O)COP(=O)(O)OC[C@@H](COC(=O)CCCCCCC)OC(=O)CCCCCCCCCCCC(C)C. The van der Waals surface area contributed by atoms with Crippen LogP contribution in [0.25, 0.3) is 0 Å². The lowest BCUT2D eigenvalue weighted by Gasteiger charge is -2.21. The number of phosphoric ester groups is 2. The first kappa shape index (κ1) is 82.1. The van der Waals surface area contributed by atoms with Crippen LogP contribution in [0.4, 0.5) is 0 Å². The highest BCUT2D eigenvalue weighted by atomic mass is 31.2. The van der Waals surface area contributed by atoms with Gasteiger partial charge in [-0.25, -0.2) is 9.13 Å². The highest BCUT2D eigenvalue weighted by Gasteiger charge is 2.30. The molecule has 0 radical (unpaired) electrons. The van der Waals surface area contributed by atoms with Gasteiger partial charge >= 0.3 is 39.5 Å². The molecule has 84 heavy (non-hydrogen) atoms. The van der Waals surface area contributed by atoms with Gasteiger partial charge < -0.3 is 33.8 Å². The number of carbonyl (C=O) groups excluding carboxylic acids is 4. The predicted octanol–water partition coefficient (Wildman–Crippen LogP) is 18.0. The Balaban J connectivity index is 5.17. The minimum absolute atomic E-state index is 0.104. The maximum absolute atomic E-state index is 13.0. The zero-order valence-electron chi connectivity index (χ0n) is 54.2. The third-order valence-electron chi connectivity index (χ3n) is 15.0. The van der Waals surface area contributed by atoms with E-state index < -0.39 is 97.5 Å². The smallest absolute Gasteiger partial charge is 0.462 e. The molecule has 0 aromatic heterocycles. The molecule has 0 saturated carbocycles. The Morgan fingerprint density at radius 1 is 0.321 bits per heavy atom. The minimum atomic E-state index is -4.94. The second-order valence-corrected chi connectivity index (χ2v) is 27.4. The van der Waals surface area contributed by atoms with Crippen molar-refractivity contribution in [1.29, 1.82) is 0 Å². The van der Waals surface area contributed by atoms with Crippen molar-refractivity contribution in [3.63, 3.8) is 0 Å². The van der Waals surface area contributed by atoms with Crippen LogP contribution in [-0.4, -0.2) is 96.7 Å². The largest absolute Gasteiger partial charge is 0.472 e. The Morgan fingerprint density at radius 2 is 0.548 bits per heavy atom. The molecule has 17 nitrogen and oxygen atoms in total. The number of carbonyl (C=O) groups is 4. The van der Waals surface area contributed by atoms with Crippen LogP contribution in [0, 0.1) is 11.8 Å². The maximum atomic E-state index is 13.0. The van der Waals surface area contributed by atoms with Gasteiger partial charge in [0.25, 0.3) is 0 Å². The normalized spacial score (nSPS) is 14.3. The van der Waals surface area contributed by atoms with Gasteiger partial charge in [-0.15, -0.1) is 0 Å². The lowest BCUT2D eigenvalue weighted by Crippen LogP contribution is -2.30. The topological polar surface area (TPSA) is 237 Å². The number of unbranched alkanes of at least 4 members (excludes halogenated alkanes) is 34. The van der Waals surface area contributed by atoms with Crippen LogP contribution >= 0.6 is 15.6 Å². The lowest BCUT2D eigenvalue weighted by molar-refractivity contribution is -0.161. The van der Waals surface area contributed by atoms with E-state index in [-0.39, 0.29) is 25.7 Å². The molecule has 0 bridgehead atoms. The molecule has 0 aliphatic heterocycles.